The van der Waals surface area contributed by atoms with E-state index in [-0.39, 0.29) is 11.9 Å². The van der Waals surface area contributed by atoms with Crippen molar-refractivity contribution in [1.29, 1.82) is 0 Å². The van der Waals surface area contributed by atoms with Gasteiger partial charge in [-0.1, -0.05) is 31.5 Å². The molecule has 0 aliphatic heterocycles. The van der Waals surface area contributed by atoms with Gasteiger partial charge in [0.15, 0.2) is 0 Å². The summed E-state index contributed by atoms with van der Waals surface area (Å²) < 4.78 is 13.6. The van der Waals surface area contributed by atoms with Crippen LogP contribution in [0, 0.1) is 12.7 Å². The van der Waals surface area contributed by atoms with Crippen molar-refractivity contribution in [3.63, 3.8) is 0 Å². The molecule has 0 bridgehead atoms. The molecular formula is C12H19FN2S. The van der Waals surface area contributed by atoms with Crippen molar-refractivity contribution in [2.75, 3.05) is 5.75 Å². The van der Waals surface area contributed by atoms with Crippen LogP contribution in [0.25, 0.3) is 0 Å². The van der Waals surface area contributed by atoms with Crippen molar-refractivity contribution in [2.45, 2.75) is 32.1 Å². The molecule has 0 aromatic heterocycles. The maximum Gasteiger partial charge on any atom is 0.128 e. The Kier molecular flexibility index (Phi) is 5.25. The second-order valence-electron chi connectivity index (χ2n) is 4.13. The van der Waals surface area contributed by atoms with E-state index < -0.39 is 0 Å². The first-order valence-corrected chi connectivity index (χ1v) is 6.43. The lowest BCUT2D eigenvalue weighted by Gasteiger charge is -2.18. The Balaban J connectivity index is 2.81. The van der Waals surface area contributed by atoms with Gasteiger partial charge in [0.05, 0.1) is 6.04 Å². The van der Waals surface area contributed by atoms with Crippen LogP contribution in [-0.4, -0.2) is 11.0 Å². The number of benzene rings is 1. The van der Waals surface area contributed by atoms with Crippen LogP contribution in [-0.2, 0) is 0 Å². The molecule has 0 aliphatic rings. The number of thioether (sulfide) groups is 1. The van der Waals surface area contributed by atoms with Gasteiger partial charge in [0.2, 0.25) is 0 Å². The van der Waals surface area contributed by atoms with Gasteiger partial charge in [-0.05, 0) is 18.2 Å². The molecule has 0 aliphatic carbocycles. The molecular weight excluding hydrogens is 223 g/mol. The van der Waals surface area contributed by atoms with Crippen LogP contribution in [0.5, 0.6) is 0 Å². The fourth-order valence-electron chi connectivity index (χ4n) is 1.45. The molecule has 16 heavy (non-hydrogen) atoms. The molecule has 0 heterocycles. The van der Waals surface area contributed by atoms with E-state index in [0.717, 1.165) is 11.3 Å². The fraction of sp³-hybridized carbons (Fsp3) is 0.500. The Morgan fingerprint density at radius 2 is 2.12 bits per heavy atom. The number of rotatable bonds is 5. The molecule has 3 N–H and O–H groups in total. The minimum absolute atomic E-state index is 0.132. The number of nitrogens with one attached hydrogen (secondary N) is 1. The number of aryl methyl sites for hydroxylation is 1. The number of hydrazine groups is 1. The number of hydrogen-bond donors (Lipinski definition) is 2. The van der Waals surface area contributed by atoms with E-state index >= 15 is 0 Å². The SMILES string of the molecule is Cc1ccc(F)c(C(CSC(C)C)NN)c1. The van der Waals surface area contributed by atoms with Crippen LogP contribution in [0.15, 0.2) is 18.2 Å². The van der Waals surface area contributed by atoms with E-state index in [1.807, 2.05) is 13.0 Å². The average molecular weight is 242 g/mol. The third kappa shape index (κ3) is 3.77. The lowest BCUT2D eigenvalue weighted by atomic mass is 10.1. The lowest BCUT2D eigenvalue weighted by Crippen LogP contribution is -2.30. The monoisotopic (exact) mass is 242 g/mol. The standard InChI is InChI=1S/C12H19FN2S/c1-8(2)16-7-12(15-14)10-6-9(3)4-5-11(10)13/h4-6,8,12,15H,7,14H2,1-3H3. The summed E-state index contributed by atoms with van der Waals surface area (Å²) in [6.45, 7) is 6.18. The molecule has 2 nitrogen and oxygen atoms in total. The fourth-order valence-corrected chi connectivity index (χ4v) is 2.30. The number of nitrogens with two attached hydrogens (primary N) is 1. The molecule has 0 saturated carbocycles. The van der Waals surface area contributed by atoms with Gasteiger partial charge < -0.3 is 0 Å². The van der Waals surface area contributed by atoms with E-state index in [4.69, 9.17) is 5.84 Å². The molecule has 0 saturated heterocycles. The van der Waals surface area contributed by atoms with Crippen LogP contribution in [0.3, 0.4) is 0 Å². The second-order valence-corrected chi connectivity index (χ2v) is 5.74. The summed E-state index contributed by atoms with van der Waals surface area (Å²) in [7, 11) is 0. The van der Waals surface area contributed by atoms with Crippen molar-refractivity contribution in [2.24, 2.45) is 5.84 Å². The van der Waals surface area contributed by atoms with Crippen LogP contribution in [0.2, 0.25) is 0 Å². The largest absolute Gasteiger partial charge is 0.271 e. The summed E-state index contributed by atoms with van der Waals surface area (Å²) >= 11 is 1.76. The normalized spacial score (nSPS) is 13.1. The number of hydrogen-bond acceptors (Lipinski definition) is 3. The van der Waals surface area contributed by atoms with E-state index in [2.05, 4.69) is 19.3 Å². The van der Waals surface area contributed by atoms with Gasteiger partial charge in [-0.3, -0.25) is 11.3 Å². The first-order chi connectivity index (χ1) is 7.54. The first kappa shape index (κ1) is 13.5. The van der Waals surface area contributed by atoms with Gasteiger partial charge in [-0.2, -0.15) is 11.8 Å². The van der Waals surface area contributed by atoms with Crippen molar-refractivity contribution in [1.82, 2.24) is 5.43 Å². The van der Waals surface area contributed by atoms with E-state index in [1.165, 1.54) is 6.07 Å². The van der Waals surface area contributed by atoms with Crippen LogP contribution in [0.1, 0.15) is 31.0 Å². The molecule has 4 heteroatoms. The van der Waals surface area contributed by atoms with Crippen LogP contribution in [0.4, 0.5) is 4.39 Å². The maximum absolute atomic E-state index is 13.6. The summed E-state index contributed by atoms with van der Waals surface area (Å²) in [5.74, 6) is 6.06. The summed E-state index contributed by atoms with van der Waals surface area (Å²) in [5.41, 5.74) is 4.38. The quantitative estimate of drug-likeness (QED) is 0.616. The molecule has 0 amide bonds. The molecule has 90 valence electrons. The van der Waals surface area contributed by atoms with E-state index in [1.54, 1.807) is 17.8 Å². The van der Waals surface area contributed by atoms with Gasteiger partial charge in [-0.25, -0.2) is 4.39 Å². The van der Waals surface area contributed by atoms with E-state index in [9.17, 15) is 4.39 Å². The predicted octanol–water partition coefficient (Wildman–Crippen LogP) is 2.78. The zero-order valence-corrected chi connectivity index (χ0v) is 10.8. The Hall–Kier alpha value is -0.580. The van der Waals surface area contributed by atoms with Gasteiger partial charge in [0, 0.05) is 11.3 Å². The lowest BCUT2D eigenvalue weighted by molar-refractivity contribution is 0.546. The Bertz CT molecular complexity index is 342. The van der Waals surface area contributed by atoms with Gasteiger partial charge in [0.25, 0.3) is 0 Å². The molecule has 0 radical (unpaired) electrons. The molecule has 1 rings (SSSR count). The highest BCUT2D eigenvalue weighted by Crippen LogP contribution is 2.23. The van der Waals surface area contributed by atoms with E-state index in [0.29, 0.717) is 10.8 Å². The Labute approximate surface area is 101 Å². The van der Waals surface area contributed by atoms with Crippen molar-refractivity contribution >= 4 is 11.8 Å². The van der Waals surface area contributed by atoms with Gasteiger partial charge in [-0.15, -0.1) is 0 Å². The van der Waals surface area contributed by atoms with Gasteiger partial charge >= 0.3 is 0 Å². The third-order valence-corrected chi connectivity index (χ3v) is 3.52. The average Bonchev–Trinajstić information content (AvgIpc) is 2.23. The molecule has 1 atom stereocenters. The Morgan fingerprint density at radius 1 is 1.44 bits per heavy atom. The molecule has 0 spiro atoms. The minimum atomic E-state index is -0.196. The number of halogens is 1. The highest BCUT2D eigenvalue weighted by atomic mass is 32.2. The predicted molar refractivity (Wildman–Crippen MR) is 68.8 cm³/mol. The van der Waals surface area contributed by atoms with Crippen LogP contribution >= 0.6 is 11.8 Å². The van der Waals surface area contributed by atoms with Crippen molar-refractivity contribution in [3.8, 4) is 0 Å². The van der Waals surface area contributed by atoms with Crippen LogP contribution < -0.4 is 11.3 Å². The smallest absolute Gasteiger partial charge is 0.128 e. The minimum Gasteiger partial charge on any atom is -0.271 e. The van der Waals surface area contributed by atoms with Crippen molar-refractivity contribution in [3.05, 3.63) is 35.1 Å². The Morgan fingerprint density at radius 3 is 2.69 bits per heavy atom. The maximum atomic E-state index is 13.6. The third-order valence-electron chi connectivity index (χ3n) is 2.32. The molecule has 1 unspecified atom stereocenters. The zero-order chi connectivity index (χ0) is 12.1. The summed E-state index contributed by atoms with van der Waals surface area (Å²) in [4.78, 5) is 0. The summed E-state index contributed by atoms with van der Waals surface area (Å²) in [6, 6.07) is 4.98. The topological polar surface area (TPSA) is 38.0 Å². The second kappa shape index (κ2) is 6.23. The van der Waals surface area contributed by atoms with Crippen molar-refractivity contribution < 1.29 is 4.39 Å². The molecule has 1 aromatic carbocycles. The van der Waals surface area contributed by atoms with Gasteiger partial charge in [0.1, 0.15) is 5.82 Å². The summed E-state index contributed by atoms with van der Waals surface area (Å²) in [5, 5.41) is 0.517. The highest BCUT2D eigenvalue weighted by Gasteiger charge is 2.15. The molecule has 1 aromatic rings. The first-order valence-electron chi connectivity index (χ1n) is 5.38. The zero-order valence-electron chi connectivity index (χ0n) is 9.96. The molecule has 0 fully saturated rings. The summed E-state index contributed by atoms with van der Waals surface area (Å²) in [6.07, 6.45) is 0. The highest BCUT2D eigenvalue weighted by molar-refractivity contribution is 7.99.